The Balaban J connectivity index is 1.86. The van der Waals surface area contributed by atoms with E-state index in [4.69, 9.17) is 21.1 Å². The normalized spacial score (nSPS) is 13.4. The van der Waals surface area contributed by atoms with Crippen molar-refractivity contribution in [3.63, 3.8) is 0 Å². The summed E-state index contributed by atoms with van der Waals surface area (Å²) in [6.45, 7) is 0. The lowest BCUT2D eigenvalue weighted by molar-refractivity contribution is 0.446. The Labute approximate surface area is 132 Å². The third kappa shape index (κ3) is 1.51. The molecule has 2 heterocycles. The van der Waals surface area contributed by atoms with Crippen LogP contribution in [0.1, 0.15) is 0 Å². The first kappa shape index (κ1) is 12.0. The zero-order valence-electron chi connectivity index (χ0n) is 11.4. The van der Waals surface area contributed by atoms with Crippen LogP contribution in [0.15, 0.2) is 60.7 Å². The monoisotopic (exact) mass is 307 g/mol. The topological polar surface area (TPSA) is 21.7 Å². The third-order valence-corrected chi connectivity index (χ3v) is 4.13. The summed E-state index contributed by atoms with van der Waals surface area (Å²) in [6, 6.07) is 19.5. The van der Waals surface area contributed by atoms with Gasteiger partial charge in [0.1, 0.15) is 5.69 Å². The lowest BCUT2D eigenvalue weighted by Gasteiger charge is -2.37. The van der Waals surface area contributed by atoms with Crippen molar-refractivity contribution in [2.75, 3.05) is 4.90 Å². The number of benzene rings is 3. The molecule has 2 aliphatic rings. The van der Waals surface area contributed by atoms with Crippen LogP contribution >= 0.6 is 11.6 Å². The highest BCUT2D eigenvalue weighted by Crippen LogP contribution is 2.59. The molecule has 3 nitrogen and oxygen atoms in total. The summed E-state index contributed by atoms with van der Waals surface area (Å²) in [5, 5.41) is 0.653. The number of rotatable bonds is 0. The number of anilines is 3. The molecule has 0 radical (unpaired) electrons. The zero-order valence-corrected chi connectivity index (χ0v) is 12.2. The van der Waals surface area contributed by atoms with Gasteiger partial charge in [-0.15, -0.1) is 0 Å². The SMILES string of the molecule is Clc1ccc2c(c1)Oc1cccc3c1N2c1ccccc1O3. The second kappa shape index (κ2) is 4.18. The molecule has 4 heteroatoms. The number of nitrogens with zero attached hydrogens (tertiary/aromatic N) is 1. The fourth-order valence-corrected chi connectivity index (χ4v) is 3.14. The minimum Gasteiger partial charge on any atom is -0.453 e. The van der Waals surface area contributed by atoms with Gasteiger partial charge in [0.15, 0.2) is 23.0 Å². The number of para-hydroxylation sites is 3. The van der Waals surface area contributed by atoms with Gasteiger partial charge in [0, 0.05) is 11.1 Å². The summed E-state index contributed by atoms with van der Waals surface area (Å²) >= 11 is 6.12. The second-order valence-corrected chi connectivity index (χ2v) is 5.66. The van der Waals surface area contributed by atoms with Crippen molar-refractivity contribution in [3.05, 3.63) is 65.7 Å². The standard InChI is InChI=1S/C18H10ClNO2/c19-11-8-9-13-17(10-11)22-16-7-3-6-15-18(16)20(13)12-4-1-2-5-14(12)21-15/h1-10H. The predicted octanol–water partition coefficient (Wildman–Crippen LogP) is 6.02. The molecule has 0 bridgehead atoms. The molecular weight excluding hydrogens is 298 g/mol. The van der Waals surface area contributed by atoms with E-state index >= 15 is 0 Å². The average molecular weight is 308 g/mol. The summed E-state index contributed by atoms with van der Waals surface area (Å²) < 4.78 is 12.0. The molecule has 0 saturated carbocycles. The molecule has 0 aliphatic carbocycles. The maximum Gasteiger partial charge on any atom is 0.155 e. The number of fused-ring (bicyclic) bond motifs is 4. The Hall–Kier alpha value is -2.65. The first-order valence-electron chi connectivity index (χ1n) is 6.99. The Morgan fingerprint density at radius 3 is 2.23 bits per heavy atom. The smallest absolute Gasteiger partial charge is 0.155 e. The van der Waals surface area contributed by atoms with Gasteiger partial charge in [0.05, 0.1) is 11.4 Å². The van der Waals surface area contributed by atoms with Crippen molar-refractivity contribution in [1.82, 2.24) is 0 Å². The number of hydrogen-bond acceptors (Lipinski definition) is 3. The van der Waals surface area contributed by atoms with Crippen LogP contribution in [0, 0.1) is 0 Å². The lowest BCUT2D eigenvalue weighted by atomic mass is 10.1. The molecule has 3 aromatic rings. The van der Waals surface area contributed by atoms with Crippen molar-refractivity contribution in [1.29, 1.82) is 0 Å². The van der Waals surface area contributed by atoms with Crippen molar-refractivity contribution >= 4 is 28.7 Å². The van der Waals surface area contributed by atoms with Gasteiger partial charge in [-0.1, -0.05) is 29.8 Å². The van der Waals surface area contributed by atoms with E-state index in [9.17, 15) is 0 Å². The Kier molecular flexibility index (Phi) is 2.27. The van der Waals surface area contributed by atoms with Crippen LogP contribution in [0.5, 0.6) is 23.0 Å². The highest BCUT2D eigenvalue weighted by molar-refractivity contribution is 6.30. The van der Waals surface area contributed by atoms with Crippen molar-refractivity contribution in [2.45, 2.75) is 0 Å². The Morgan fingerprint density at radius 2 is 1.36 bits per heavy atom. The zero-order chi connectivity index (χ0) is 14.7. The lowest BCUT2D eigenvalue weighted by Crippen LogP contribution is -2.20. The molecule has 0 atom stereocenters. The fraction of sp³-hybridized carbons (Fsp3) is 0. The van der Waals surface area contributed by atoms with Crippen LogP contribution in [-0.2, 0) is 0 Å². The second-order valence-electron chi connectivity index (χ2n) is 5.22. The first-order chi connectivity index (χ1) is 10.8. The van der Waals surface area contributed by atoms with E-state index in [0.29, 0.717) is 5.02 Å². The van der Waals surface area contributed by atoms with Crippen LogP contribution in [0.2, 0.25) is 5.02 Å². The average Bonchev–Trinajstić information content (AvgIpc) is 2.54. The highest BCUT2D eigenvalue weighted by atomic mass is 35.5. The minimum atomic E-state index is 0.653. The van der Waals surface area contributed by atoms with E-state index in [0.717, 1.165) is 40.1 Å². The third-order valence-electron chi connectivity index (χ3n) is 3.89. The van der Waals surface area contributed by atoms with Crippen molar-refractivity contribution in [2.24, 2.45) is 0 Å². The summed E-state index contributed by atoms with van der Waals surface area (Å²) in [5.41, 5.74) is 2.88. The van der Waals surface area contributed by atoms with Crippen LogP contribution in [0.25, 0.3) is 0 Å². The molecule has 0 saturated heterocycles. The fourth-order valence-electron chi connectivity index (χ4n) is 2.98. The predicted molar refractivity (Wildman–Crippen MR) is 86.3 cm³/mol. The van der Waals surface area contributed by atoms with Gasteiger partial charge in [0.25, 0.3) is 0 Å². The van der Waals surface area contributed by atoms with E-state index in [1.807, 2.05) is 60.7 Å². The molecule has 2 aliphatic heterocycles. The van der Waals surface area contributed by atoms with Gasteiger partial charge in [0.2, 0.25) is 0 Å². The van der Waals surface area contributed by atoms with E-state index in [-0.39, 0.29) is 0 Å². The molecule has 0 aromatic heterocycles. The van der Waals surface area contributed by atoms with E-state index in [1.165, 1.54) is 0 Å². The van der Waals surface area contributed by atoms with Gasteiger partial charge < -0.3 is 9.47 Å². The van der Waals surface area contributed by atoms with Crippen LogP contribution in [0.4, 0.5) is 17.1 Å². The minimum absolute atomic E-state index is 0.653. The Bertz CT molecular complexity index is 923. The molecule has 22 heavy (non-hydrogen) atoms. The molecule has 106 valence electrons. The van der Waals surface area contributed by atoms with Crippen molar-refractivity contribution in [3.8, 4) is 23.0 Å². The van der Waals surface area contributed by atoms with Gasteiger partial charge in [-0.2, -0.15) is 0 Å². The van der Waals surface area contributed by atoms with Crippen molar-refractivity contribution < 1.29 is 9.47 Å². The summed E-state index contributed by atoms with van der Waals surface area (Å²) in [6.07, 6.45) is 0. The number of halogens is 1. The quantitative estimate of drug-likeness (QED) is 0.349. The maximum absolute atomic E-state index is 6.12. The molecule has 0 fully saturated rings. The van der Waals surface area contributed by atoms with Crippen LogP contribution in [-0.4, -0.2) is 0 Å². The Morgan fingerprint density at radius 1 is 0.682 bits per heavy atom. The summed E-state index contributed by atoms with van der Waals surface area (Å²) in [5.74, 6) is 3.13. The molecule has 0 unspecified atom stereocenters. The van der Waals surface area contributed by atoms with E-state index < -0.39 is 0 Å². The summed E-state index contributed by atoms with van der Waals surface area (Å²) in [4.78, 5) is 2.17. The molecular formula is C18H10ClNO2. The van der Waals surface area contributed by atoms with Gasteiger partial charge in [-0.05, 0) is 36.4 Å². The maximum atomic E-state index is 6.12. The van der Waals surface area contributed by atoms with Gasteiger partial charge >= 0.3 is 0 Å². The molecule has 0 amide bonds. The molecule has 0 N–H and O–H groups in total. The van der Waals surface area contributed by atoms with E-state index in [2.05, 4.69) is 4.90 Å². The molecule has 3 aromatic carbocycles. The van der Waals surface area contributed by atoms with Gasteiger partial charge in [-0.25, -0.2) is 0 Å². The van der Waals surface area contributed by atoms with Gasteiger partial charge in [-0.3, -0.25) is 4.90 Å². The first-order valence-corrected chi connectivity index (χ1v) is 7.36. The van der Waals surface area contributed by atoms with Crippen LogP contribution in [0.3, 0.4) is 0 Å². The largest absolute Gasteiger partial charge is 0.453 e. The highest BCUT2D eigenvalue weighted by Gasteiger charge is 2.34. The number of ether oxygens (including phenoxy) is 2. The van der Waals surface area contributed by atoms with E-state index in [1.54, 1.807) is 0 Å². The van der Waals surface area contributed by atoms with Crippen LogP contribution < -0.4 is 14.4 Å². The molecule has 5 rings (SSSR count). The number of hydrogen-bond donors (Lipinski definition) is 0. The molecule has 0 spiro atoms. The summed E-state index contributed by atoms with van der Waals surface area (Å²) in [7, 11) is 0.